The van der Waals surface area contributed by atoms with Crippen LogP contribution >= 0.6 is 0 Å². The second kappa shape index (κ2) is 6.80. The van der Waals surface area contributed by atoms with Crippen LogP contribution < -0.4 is 4.74 Å². The molecule has 1 fully saturated rings. The lowest BCUT2D eigenvalue weighted by molar-refractivity contribution is 0.0664. The van der Waals surface area contributed by atoms with Crippen LogP contribution in [0.3, 0.4) is 0 Å². The Morgan fingerprint density at radius 1 is 1.12 bits per heavy atom. The van der Waals surface area contributed by atoms with E-state index in [0.717, 1.165) is 37.5 Å². The van der Waals surface area contributed by atoms with Gasteiger partial charge in [-0.25, -0.2) is 4.98 Å². The van der Waals surface area contributed by atoms with Gasteiger partial charge in [0, 0.05) is 37.3 Å². The van der Waals surface area contributed by atoms with Crippen LogP contribution in [0.15, 0.2) is 46.9 Å². The molecule has 0 unspecified atom stereocenters. The predicted molar refractivity (Wildman–Crippen MR) is 99.4 cm³/mol. The summed E-state index contributed by atoms with van der Waals surface area (Å²) in [6.45, 7) is 3.30. The lowest BCUT2D eigenvalue weighted by Gasteiger charge is -2.32. The number of hydrogen-bond acceptors (Lipinski definition) is 5. The Morgan fingerprint density at radius 2 is 1.92 bits per heavy atom. The van der Waals surface area contributed by atoms with Gasteiger partial charge in [0.15, 0.2) is 5.58 Å². The molecule has 0 radical (unpaired) electrons. The number of ether oxygens (including phenoxy) is 1. The second-order valence-corrected chi connectivity index (χ2v) is 6.53. The van der Waals surface area contributed by atoms with Gasteiger partial charge in [-0.05, 0) is 43.4 Å². The van der Waals surface area contributed by atoms with Crippen LogP contribution in [-0.2, 0) is 0 Å². The van der Waals surface area contributed by atoms with Crippen LogP contribution in [0.2, 0.25) is 0 Å². The second-order valence-electron chi connectivity index (χ2n) is 6.53. The monoisotopic (exact) mass is 351 g/mol. The van der Waals surface area contributed by atoms with Crippen molar-refractivity contribution in [3.63, 3.8) is 0 Å². The minimum absolute atomic E-state index is 0.0472. The van der Waals surface area contributed by atoms with Crippen LogP contribution in [0.1, 0.15) is 10.4 Å². The van der Waals surface area contributed by atoms with Gasteiger partial charge < -0.3 is 19.0 Å². The van der Waals surface area contributed by atoms with Gasteiger partial charge in [-0.15, -0.1) is 0 Å². The number of fused-ring (bicyclic) bond motifs is 1. The molecule has 0 saturated carbocycles. The highest BCUT2D eigenvalue weighted by Crippen LogP contribution is 2.27. The van der Waals surface area contributed by atoms with E-state index >= 15 is 0 Å². The highest BCUT2D eigenvalue weighted by atomic mass is 16.5. The maximum atomic E-state index is 12.7. The largest absolute Gasteiger partial charge is 0.497 e. The fourth-order valence-electron chi connectivity index (χ4n) is 3.13. The predicted octanol–water partition coefficient (Wildman–Crippen LogP) is 2.89. The van der Waals surface area contributed by atoms with Crippen molar-refractivity contribution in [1.29, 1.82) is 0 Å². The molecule has 1 aromatic heterocycles. The molecule has 0 aliphatic carbocycles. The third-order valence-electron chi connectivity index (χ3n) is 4.74. The first-order valence-electron chi connectivity index (χ1n) is 8.67. The van der Waals surface area contributed by atoms with E-state index in [4.69, 9.17) is 9.15 Å². The van der Waals surface area contributed by atoms with Gasteiger partial charge in [-0.3, -0.25) is 4.79 Å². The first-order valence-corrected chi connectivity index (χ1v) is 8.67. The molecule has 0 atom stereocenters. The maximum Gasteiger partial charge on any atom is 0.254 e. The smallest absolute Gasteiger partial charge is 0.254 e. The summed E-state index contributed by atoms with van der Waals surface area (Å²) >= 11 is 0. The summed E-state index contributed by atoms with van der Waals surface area (Å²) in [6, 6.07) is 13.0. The number of hydrogen-bond donors (Lipinski definition) is 0. The number of oxazole rings is 1. The molecule has 0 bridgehead atoms. The van der Waals surface area contributed by atoms with E-state index in [1.165, 1.54) is 0 Å². The molecule has 1 saturated heterocycles. The Kier molecular flexibility index (Phi) is 4.34. The summed E-state index contributed by atoms with van der Waals surface area (Å²) < 4.78 is 11.1. The van der Waals surface area contributed by atoms with E-state index in [1.807, 2.05) is 47.4 Å². The summed E-state index contributed by atoms with van der Waals surface area (Å²) in [5.74, 6) is 1.31. The number of carbonyl (C=O) groups excluding carboxylic acids is 1. The number of benzene rings is 2. The van der Waals surface area contributed by atoms with Crippen molar-refractivity contribution in [2.45, 2.75) is 0 Å². The van der Waals surface area contributed by atoms with Gasteiger partial charge in [0.1, 0.15) is 11.3 Å². The average Bonchev–Trinajstić information content (AvgIpc) is 3.11. The van der Waals surface area contributed by atoms with Gasteiger partial charge in [0.05, 0.1) is 7.11 Å². The van der Waals surface area contributed by atoms with Crippen molar-refractivity contribution in [3.8, 4) is 17.2 Å². The molecule has 1 aliphatic heterocycles. The van der Waals surface area contributed by atoms with Crippen molar-refractivity contribution in [3.05, 3.63) is 48.0 Å². The average molecular weight is 351 g/mol. The van der Waals surface area contributed by atoms with E-state index in [-0.39, 0.29) is 5.91 Å². The maximum absolute atomic E-state index is 12.7. The molecule has 6 nitrogen and oxygen atoms in total. The number of piperazine rings is 1. The normalized spacial score (nSPS) is 15.4. The molecule has 6 heteroatoms. The van der Waals surface area contributed by atoms with Gasteiger partial charge in [0.2, 0.25) is 5.89 Å². The van der Waals surface area contributed by atoms with Crippen LogP contribution in [0.25, 0.3) is 22.6 Å². The van der Waals surface area contributed by atoms with Crippen molar-refractivity contribution in [2.75, 3.05) is 40.3 Å². The van der Waals surface area contributed by atoms with Crippen molar-refractivity contribution in [2.24, 2.45) is 0 Å². The quantitative estimate of drug-likeness (QED) is 0.726. The Labute approximate surface area is 152 Å². The van der Waals surface area contributed by atoms with Crippen LogP contribution in [0.4, 0.5) is 0 Å². The number of aromatic nitrogens is 1. The molecular formula is C20H21N3O3. The highest BCUT2D eigenvalue weighted by molar-refractivity contribution is 5.97. The summed E-state index contributed by atoms with van der Waals surface area (Å²) in [6.07, 6.45) is 0. The molecule has 1 amide bonds. The minimum atomic E-state index is 0.0472. The van der Waals surface area contributed by atoms with E-state index in [2.05, 4.69) is 16.9 Å². The summed E-state index contributed by atoms with van der Waals surface area (Å²) in [5, 5.41) is 0. The first-order chi connectivity index (χ1) is 12.6. The first kappa shape index (κ1) is 16.6. The topological polar surface area (TPSA) is 58.8 Å². The fraction of sp³-hybridized carbons (Fsp3) is 0.300. The molecule has 4 rings (SSSR count). The summed E-state index contributed by atoms with van der Waals surface area (Å²) in [7, 11) is 3.70. The van der Waals surface area contributed by atoms with Gasteiger partial charge in [-0.2, -0.15) is 0 Å². The zero-order valence-electron chi connectivity index (χ0n) is 14.9. The highest BCUT2D eigenvalue weighted by Gasteiger charge is 2.21. The molecule has 1 aliphatic rings. The Morgan fingerprint density at radius 3 is 2.69 bits per heavy atom. The van der Waals surface area contributed by atoms with Crippen molar-refractivity contribution < 1.29 is 13.9 Å². The fourth-order valence-corrected chi connectivity index (χ4v) is 3.13. The van der Waals surface area contributed by atoms with Crippen LogP contribution in [-0.4, -0.2) is 61.0 Å². The zero-order chi connectivity index (χ0) is 18.1. The van der Waals surface area contributed by atoms with Gasteiger partial charge in [0.25, 0.3) is 5.91 Å². The standard InChI is InChI=1S/C20H21N3O3/c1-22-8-10-23(11-9-22)20(24)15-6-7-18-17(13-15)21-19(26-18)14-4-3-5-16(12-14)25-2/h3-7,12-13H,8-11H2,1-2H3. The summed E-state index contributed by atoms with van der Waals surface area (Å²) in [5.41, 5.74) is 2.83. The minimum Gasteiger partial charge on any atom is -0.497 e. The number of nitrogens with zero attached hydrogens (tertiary/aromatic N) is 3. The Balaban J connectivity index is 1.62. The molecule has 134 valence electrons. The lowest BCUT2D eigenvalue weighted by Crippen LogP contribution is -2.47. The zero-order valence-corrected chi connectivity index (χ0v) is 14.9. The molecule has 0 spiro atoms. The molecule has 0 N–H and O–H groups in total. The van der Waals surface area contributed by atoms with Gasteiger partial charge in [-0.1, -0.05) is 6.07 Å². The van der Waals surface area contributed by atoms with Crippen LogP contribution in [0.5, 0.6) is 5.75 Å². The Hall–Kier alpha value is -2.86. The number of amides is 1. The van der Waals surface area contributed by atoms with Crippen molar-refractivity contribution >= 4 is 17.0 Å². The molecule has 2 heterocycles. The molecule has 3 aromatic rings. The third kappa shape index (κ3) is 3.15. The van der Waals surface area contributed by atoms with Crippen molar-refractivity contribution in [1.82, 2.24) is 14.8 Å². The van der Waals surface area contributed by atoms with E-state index < -0.39 is 0 Å². The van der Waals surface area contributed by atoms with E-state index in [0.29, 0.717) is 22.6 Å². The third-order valence-corrected chi connectivity index (χ3v) is 4.74. The number of carbonyl (C=O) groups is 1. The lowest BCUT2D eigenvalue weighted by atomic mass is 10.1. The molecular weight excluding hydrogens is 330 g/mol. The van der Waals surface area contributed by atoms with E-state index in [9.17, 15) is 4.79 Å². The molecule has 26 heavy (non-hydrogen) atoms. The van der Waals surface area contributed by atoms with E-state index in [1.54, 1.807) is 7.11 Å². The summed E-state index contributed by atoms with van der Waals surface area (Å²) in [4.78, 5) is 21.4. The number of rotatable bonds is 3. The number of likely N-dealkylation sites (N-methyl/N-ethyl adjacent to an activating group) is 1. The molecule has 2 aromatic carbocycles. The van der Waals surface area contributed by atoms with Gasteiger partial charge >= 0.3 is 0 Å². The SMILES string of the molecule is COc1cccc(-c2nc3cc(C(=O)N4CCN(C)CC4)ccc3o2)c1. The van der Waals surface area contributed by atoms with Crippen LogP contribution in [0, 0.1) is 0 Å². The number of methoxy groups -OCH3 is 1. The Bertz CT molecular complexity index is 942.